The minimum absolute atomic E-state index is 0.147. The summed E-state index contributed by atoms with van der Waals surface area (Å²) in [6.45, 7) is 2.71. The van der Waals surface area contributed by atoms with Gasteiger partial charge in [0.25, 0.3) is 5.91 Å². The second-order valence-corrected chi connectivity index (χ2v) is 6.93. The molecular weight excluding hydrogens is 361 g/mol. The fourth-order valence-electron chi connectivity index (χ4n) is 3.34. The van der Waals surface area contributed by atoms with E-state index in [2.05, 4.69) is 18.2 Å². The average molecular weight is 383 g/mol. The first-order chi connectivity index (χ1) is 14.2. The van der Waals surface area contributed by atoms with E-state index in [1.54, 1.807) is 7.11 Å². The van der Waals surface area contributed by atoms with Gasteiger partial charge in [-0.25, -0.2) is 0 Å². The maximum absolute atomic E-state index is 13.0. The first-order valence-electron chi connectivity index (χ1n) is 9.65. The van der Waals surface area contributed by atoms with E-state index in [-0.39, 0.29) is 5.91 Å². The summed E-state index contributed by atoms with van der Waals surface area (Å²) < 4.78 is 7.10. The van der Waals surface area contributed by atoms with Crippen LogP contribution in [0.1, 0.15) is 15.9 Å². The first kappa shape index (κ1) is 18.8. The van der Waals surface area contributed by atoms with Crippen LogP contribution in [0.15, 0.2) is 72.9 Å². The Hall–Kier alpha value is -3.54. The Bertz CT molecular complexity index is 1140. The van der Waals surface area contributed by atoms with E-state index >= 15 is 0 Å². The third kappa shape index (κ3) is 4.16. The number of hydrogen-bond donors (Lipinski definition) is 1. The lowest BCUT2D eigenvalue weighted by Gasteiger charge is -2.07. The van der Waals surface area contributed by atoms with Crippen LogP contribution in [-0.2, 0) is 6.54 Å². The lowest BCUT2D eigenvalue weighted by atomic mass is 9.72. The monoisotopic (exact) mass is 383 g/mol. The lowest BCUT2D eigenvalue weighted by Crippen LogP contribution is -2.18. The zero-order chi connectivity index (χ0) is 20.2. The number of carbonyl (C=O) groups excluding carboxylic acids is 1. The Morgan fingerprint density at radius 1 is 1.10 bits per heavy atom. The zero-order valence-corrected chi connectivity index (χ0v) is 16.6. The molecule has 6 heteroatoms. The Morgan fingerprint density at radius 2 is 1.86 bits per heavy atom. The molecule has 0 aliphatic carbocycles. The van der Waals surface area contributed by atoms with Gasteiger partial charge in [0, 0.05) is 17.3 Å². The molecule has 29 heavy (non-hydrogen) atoms. The van der Waals surface area contributed by atoms with Crippen molar-refractivity contribution in [3.05, 3.63) is 84.1 Å². The van der Waals surface area contributed by atoms with Crippen molar-refractivity contribution in [3.63, 3.8) is 0 Å². The molecule has 0 aliphatic heterocycles. The Balaban J connectivity index is 1.67. The summed E-state index contributed by atoms with van der Waals surface area (Å²) in [5, 5.41) is 8.65. The van der Waals surface area contributed by atoms with Gasteiger partial charge in [-0.3, -0.25) is 9.48 Å². The van der Waals surface area contributed by atoms with Crippen molar-refractivity contribution in [2.75, 3.05) is 12.4 Å². The molecule has 5 nitrogen and oxygen atoms in total. The summed E-state index contributed by atoms with van der Waals surface area (Å²) in [7, 11) is 2.51. The zero-order valence-electron chi connectivity index (χ0n) is 16.6. The van der Waals surface area contributed by atoms with Crippen molar-refractivity contribution in [2.45, 2.75) is 13.4 Å². The third-order valence-corrected chi connectivity index (χ3v) is 4.90. The summed E-state index contributed by atoms with van der Waals surface area (Å²) in [4.78, 5) is 13.0. The highest BCUT2D eigenvalue weighted by Gasteiger charge is 2.15. The van der Waals surface area contributed by atoms with Crippen LogP contribution in [0.3, 0.4) is 0 Å². The predicted molar refractivity (Wildman–Crippen MR) is 119 cm³/mol. The summed E-state index contributed by atoms with van der Waals surface area (Å²) in [5.74, 6) is 0.679. The van der Waals surface area contributed by atoms with E-state index in [1.807, 2.05) is 71.5 Å². The molecule has 0 fully saturated rings. The number of hydrogen-bond acceptors (Lipinski definition) is 3. The molecule has 4 rings (SSSR count). The van der Waals surface area contributed by atoms with Gasteiger partial charge < -0.3 is 10.1 Å². The van der Waals surface area contributed by atoms with Gasteiger partial charge in [-0.15, -0.1) is 0 Å². The Labute approximate surface area is 170 Å². The quantitative estimate of drug-likeness (QED) is 0.519. The van der Waals surface area contributed by atoms with E-state index in [0.717, 1.165) is 35.1 Å². The Kier molecular flexibility index (Phi) is 5.34. The van der Waals surface area contributed by atoms with Crippen molar-refractivity contribution in [2.24, 2.45) is 0 Å². The molecule has 1 amide bonds. The molecule has 0 aliphatic rings. The summed E-state index contributed by atoms with van der Waals surface area (Å²) >= 11 is 0. The van der Waals surface area contributed by atoms with Gasteiger partial charge in [-0.2, -0.15) is 5.10 Å². The van der Waals surface area contributed by atoms with Crippen LogP contribution in [0, 0.1) is 0 Å². The average Bonchev–Trinajstić information content (AvgIpc) is 3.16. The molecule has 3 aromatic carbocycles. The first-order valence-corrected chi connectivity index (χ1v) is 9.65. The smallest absolute Gasteiger partial charge is 0.257 e. The maximum atomic E-state index is 13.0. The predicted octanol–water partition coefficient (Wildman–Crippen LogP) is 3.46. The minimum Gasteiger partial charge on any atom is -0.497 e. The minimum atomic E-state index is -0.147. The van der Waals surface area contributed by atoms with Crippen LogP contribution >= 0.6 is 0 Å². The fraction of sp³-hybridized carbons (Fsp3) is 0.130. The highest BCUT2D eigenvalue weighted by atomic mass is 16.5. The third-order valence-electron chi connectivity index (χ3n) is 4.90. The highest BCUT2D eigenvalue weighted by molar-refractivity contribution is 6.52. The number of ether oxygens (including phenoxy) is 1. The number of rotatable bonds is 6. The molecule has 0 saturated heterocycles. The lowest BCUT2D eigenvalue weighted by molar-refractivity contribution is 0.102. The number of benzene rings is 3. The second kappa shape index (κ2) is 8.23. The van der Waals surface area contributed by atoms with Gasteiger partial charge >= 0.3 is 0 Å². The van der Waals surface area contributed by atoms with Gasteiger partial charge in [-0.1, -0.05) is 54.8 Å². The van der Waals surface area contributed by atoms with E-state index < -0.39 is 0 Å². The van der Waals surface area contributed by atoms with Crippen molar-refractivity contribution >= 4 is 35.2 Å². The number of nitrogens with zero attached hydrogens (tertiary/aromatic N) is 2. The van der Waals surface area contributed by atoms with Gasteiger partial charge in [-0.05, 0) is 29.8 Å². The maximum Gasteiger partial charge on any atom is 0.257 e. The molecule has 144 valence electrons. The molecule has 1 N–H and O–H groups in total. The largest absolute Gasteiger partial charge is 0.497 e. The highest BCUT2D eigenvalue weighted by Crippen LogP contribution is 2.19. The molecule has 1 aromatic heterocycles. The molecule has 0 saturated carbocycles. The van der Waals surface area contributed by atoms with Crippen molar-refractivity contribution in [1.82, 2.24) is 9.78 Å². The second-order valence-electron chi connectivity index (χ2n) is 6.93. The van der Waals surface area contributed by atoms with Crippen molar-refractivity contribution in [3.8, 4) is 5.75 Å². The van der Waals surface area contributed by atoms with Crippen molar-refractivity contribution in [1.29, 1.82) is 0 Å². The molecule has 0 radical (unpaired) electrons. The topological polar surface area (TPSA) is 56.2 Å². The van der Waals surface area contributed by atoms with Gasteiger partial charge in [0.15, 0.2) is 7.28 Å². The number of anilines is 1. The molecule has 1 heterocycles. The molecule has 0 unspecified atom stereocenters. The number of nitrogens with one attached hydrogen (secondary N) is 1. The van der Waals surface area contributed by atoms with Gasteiger partial charge in [0.1, 0.15) is 11.3 Å². The fourth-order valence-corrected chi connectivity index (χ4v) is 3.34. The normalized spacial score (nSPS) is 10.7. The van der Waals surface area contributed by atoms with Gasteiger partial charge in [0.2, 0.25) is 0 Å². The van der Waals surface area contributed by atoms with Crippen LogP contribution < -0.4 is 15.5 Å². The number of amides is 1. The molecule has 4 aromatic rings. The number of carbonyl (C=O) groups is 1. The van der Waals surface area contributed by atoms with Crippen LogP contribution in [-0.4, -0.2) is 30.1 Å². The van der Waals surface area contributed by atoms with E-state index in [0.29, 0.717) is 17.6 Å². The molecule has 0 spiro atoms. The molecule has 0 bridgehead atoms. The Morgan fingerprint density at radius 3 is 2.55 bits per heavy atom. The standard InChI is InChI=1S/C23H22BN3O2/c1-24-18-12-17-15-27(14-16-8-10-20(29-2)11-9-16)26-22(17)21(13-18)23(28)25-19-6-4-3-5-7-19/h3-13,15,24H,14H2,1-2H3,(H,25,28). The number of methoxy groups -OCH3 is 1. The summed E-state index contributed by atoms with van der Waals surface area (Å²) in [6, 6.07) is 21.4. The van der Waals surface area contributed by atoms with E-state index in [1.165, 1.54) is 0 Å². The number of fused-ring (bicyclic) bond motifs is 1. The van der Waals surface area contributed by atoms with E-state index in [9.17, 15) is 4.79 Å². The molecular formula is C23H22BN3O2. The van der Waals surface area contributed by atoms with Crippen LogP contribution in [0.25, 0.3) is 10.9 Å². The van der Waals surface area contributed by atoms with E-state index in [4.69, 9.17) is 9.84 Å². The van der Waals surface area contributed by atoms with Gasteiger partial charge in [0.05, 0.1) is 19.2 Å². The summed E-state index contributed by atoms with van der Waals surface area (Å²) in [6.07, 6.45) is 2.00. The van der Waals surface area contributed by atoms with Crippen LogP contribution in [0.5, 0.6) is 5.75 Å². The van der Waals surface area contributed by atoms with Crippen LogP contribution in [0.2, 0.25) is 6.82 Å². The number of aromatic nitrogens is 2. The number of para-hydroxylation sites is 1. The SMILES string of the molecule is CBc1cc(C(=O)Nc2ccccc2)c2nn(Cc3ccc(OC)cc3)cc2c1. The summed E-state index contributed by atoms with van der Waals surface area (Å²) in [5.41, 5.74) is 4.30. The van der Waals surface area contributed by atoms with Crippen LogP contribution in [0.4, 0.5) is 5.69 Å². The van der Waals surface area contributed by atoms with Crippen molar-refractivity contribution < 1.29 is 9.53 Å². The molecule has 0 atom stereocenters.